The average Bonchev–Trinajstić information content (AvgIpc) is 3.07. The van der Waals surface area contributed by atoms with E-state index in [-0.39, 0.29) is 0 Å². The molecular formula is C15H29NO4S. The van der Waals surface area contributed by atoms with E-state index in [4.69, 9.17) is 9.47 Å². The van der Waals surface area contributed by atoms with Gasteiger partial charge in [0.15, 0.2) is 9.84 Å². The Morgan fingerprint density at radius 3 is 2.86 bits per heavy atom. The highest BCUT2D eigenvalue weighted by molar-refractivity contribution is 7.91. The molecule has 6 heteroatoms. The average molecular weight is 319 g/mol. The first-order valence-corrected chi connectivity index (χ1v) is 9.94. The number of rotatable bonds is 9. The lowest BCUT2D eigenvalue weighted by atomic mass is 9.86. The number of hydrogen-bond donors (Lipinski definition) is 1. The SMILES string of the molecule is COCCNCC(CCC1CCCO1)C1CCS(=O)(=O)C1. The fourth-order valence-electron chi connectivity index (χ4n) is 3.43. The third-order valence-electron chi connectivity index (χ3n) is 4.71. The van der Waals surface area contributed by atoms with E-state index in [0.29, 0.717) is 36.1 Å². The van der Waals surface area contributed by atoms with Crippen LogP contribution in [-0.2, 0) is 19.3 Å². The van der Waals surface area contributed by atoms with Crippen molar-refractivity contribution in [2.75, 3.05) is 44.9 Å². The summed E-state index contributed by atoms with van der Waals surface area (Å²) in [6, 6.07) is 0. The minimum atomic E-state index is -2.80. The predicted octanol–water partition coefficient (Wildman–Crippen LogP) is 1.23. The minimum absolute atomic E-state index is 0.312. The van der Waals surface area contributed by atoms with Crippen LogP contribution in [0.1, 0.15) is 32.1 Å². The number of nitrogens with one attached hydrogen (secondary N) is 1. The van der Waals surface area contributed by atoms with Crippen molar-refractivity contribution in [3.63, 3.8) is 0 Å². The Labute approximate surface area is 128 Å². The van der Waals surface area contributed by atoms with Gasteiger partial charge < -0.3 is 14.8 Å². The van der Waals surface area contributed by atoms with Crippen LogP contribution in [0.5, 0.6) is 0 Å². The van der Waals surface area contributed by atoms with Crippen molar-refractivity contribution in [1.29, 1.82) is 0 Å². The molecule has 0 bridgehead atoms. The van der Waals surface area contributed by atoms with Gasteiger partial charge in [0.2, 0.25) is 0 Å². The Morgan fingerprint density at radius 2 is 2.24 bits per heavy atom. The van der Waals surface area contributed by atoms with Crippen molar-refractivity contribution >= 4 is 9.84 Å². The molecule has 2 aliphatic heterocycles. The molecule has 5 nitrogen and oxygen atoms in total. The summed E-state index contributed by atoms with van der Waals surface area (Å²) in [5.74, 6) is 1.48. The Hall–Kier alpha value is -0.170. The Kier molecular flexibility index (Phi) is 6.92. The highest BCUT2D eigenvalue weighted by atomic mass is 32.2. The van der Waals surface area contributed by atoms with Gasteiger partial charge in [-0.3, -0.25) is 0 Å². The molecule has 0 aromatic carbocycles. The van der Waals surface area contributed by atoms with Crippen molar-refractivity contribution < 1.29 is 17.9 Å². The molecule has 2 fully saturated rings. The van der Waals surface area contributed by atoms with Crippen LogP contribution in [-0.4, -0.2) is 59.4 Å². The Bertz CT molecular complexity index is 392. The van der Waals surface area contributed by atoms with E-state index in [2.05, 4.69) is 5.32 Å². The third kappa shape index (κ3) is 5.85. The van der Waals surface area contributed by atoms with Gasteiger partial charge in [-0.25, -0.2) is 8.42 Å². The lowest BCUT2D eigenvalue weighted by Gasteiger charge is -2.24. The second-order valence-corrected chi connectivity index (χ2v) is 8.56. The molecule has 2 heterocycles. The topological polar surface area (TPSA) is 64.6 Å². The van der Waals surface area contributed by atoms with E-state index in [9.17, 15) is 8.42 Å². The summed E-state index contributed by atoms with van der Waals surface area (Å²) in [7, 11) is -1.10. The maximum atomic E-state index is 11.7. The summed E-state index contributed by atoms with van der Waals surface area (Å²) in [4.78, 5) is 0. The molecule has 0 saturated carbocycles. The number of sulfone groups is 1. The highest BCUT2D eigenvalue weighted by Crippen LogP contribution is 2.30. The van der Waals surface area contributed by atoms with Crippen LogP contribution >= 0.6 is 0 Å². The van der Waals surface area contributed by atoms with Crippen molar-refractivity contribution in [1.82, 2.24) is 5.32 Å². The van der Waals surface area contributed by atoms with Crippen LogP contribution in [0.4, 0.5) is 0 Å². The normalized spacial score (nSPS) is 29.8. The van der Waals surface area contributed by atoms with Crippen LogP contribution in [0.25, 0.3) is 0 Å². The summed E-state index contributed by atoms with van der Waals surface area (Å²) in [5.41, 5.74) is 0. The smallest absolute Gasteiger partial charge is 0.150 e. The van der Waals surface area contributed by atoms with Crippen LogP contribution in [0.15, 0.2) is 0 Å². The molecule has 2 aliphatic rings. The molecule has 21 heavy (non-hydrogen) atoms. The summed E-state index contributed by atoms with van der Waals surface area (Å²) in [5, 5.41) is 3.41. The molecule has 0 aromatic rings. The largest absolute Gasteiger partial charge is 0.383 e. The molecule has 0 amide bonds. The lowest BCUT2D eigenvalue weighted by molar-refractivity contribution is 0.0948. The molecule has 3 atom stereocenters. The fraction of sp³-hybridized carbons (Fsp3) is 1.00. The van der Waals surface area contributed by atoms with Gasteiger partial charge in [-0.15, -0.1) is 0 Å². The number of ether oxygens (including phenoxy) is 2. The summed E-state index contributed by atoms with van der Waals surface area (Å²) < 4.78 is 34.2. The van der Waals surface area contributed by atoms with E-state index in [0.717, 1.165) is 45.4 Å². The second-order valence-electron chi connectivity index (χ2n) is 6.33. The zero-order valence-corrected chi connectivity index (χ0v) is 13.9. The predicted molar refractivity (Wildman–Crippen MR) is 83.2 cm³/mol. The summed E-state index contributed by atoms with van der Waals surface area (Å²) in [6.45, 7) is 3.29. The van der Waals surface area contributed by atoms with Gasteiger partial charge in [0, 0.05) is 20.3 Å². The zero-order valence-electron chi connectivity index (χ0n) is 13.1. The van der Waals surface area contributed by atoms with Crippen molar-refractivity contribution in [3.8, 4) is 0 Å². The highest BCUT2D eigenvalue weighted by Gasteiger charge is 2.33. The van der Waals surface area contributed by atoms with E-state index in [1.54, 1.807) is 7.11 Å². The maximum Gasteiger partial charge on any atom is 0.150 e. The molecule has 0 aromatic heterocycles. The van der Waals surface area contributed by atoms with E-state index in [1.165, 1.54) is 6.42 Å². The van der Waals surface area contributed by atoms with Gasteiger partial charge in [-0.1, -0.05) is 0 Å². The first-order valence-electron chi connectivity index (χ1n) is 8.12. The maximum absolute atomic E-state index is 11.7. The Balaban J connectivity index is 1.80. The first-order chi connectivity index (χ1) is 10.1. The minimum Gasteiger partial charge on any atom is -0.383 e. The van der Waals surface area contributed by atoms with Gasteiger partial charge in [0.25, 0.3) is 0 Å². The molecule has 124 valence electrons. The van der Waals surface area contributed by atoms with Gasteiger partial charge in [-0.2, -0.15) is 0 Å². The molecule has 1 N–H and O–H groups in total. The van der Waals surface area contributed by atoms with Crippen LogP contribution in [0.3, 0.4) is 0 Å². The summed E-state index contributed by atoms with van der Waals surface area (Å²) >= 11 is 0. The van der Waals surface area contributed by atoms with Crippen LogP contribution < -0.4 is 5.32 Å². The number of methoxy groups -OCH3 is 1. The van der Waals surface area contributed by atoms with Crippen LogP contribution in [0.2, 0.25) is 0 Å². The molecular weight excluding hydrogens is 290 g/mol. The lowest BCUT2D eigenvalue weighted by Crippen LogP contribution is -2.31. The molecule has 0 aliphatic carbocycles. The van der Waals surface area contributed by atoms with Crippen molar-refractivity contribution in [2.45, 2.75) is 38.2 Å². The quantitative estimate of drug-likeness (QED) is 0.648. The van der Waals surface area contributed by atoms with E-state index in [1.807, 2.05) is 0 Å². The van der Waals surface area contributed by atoms with Crippen molar-refractivity contribution in [3.05, 3.63) is 0 Å². The van der Waals surface area contributed by atoms with Gasteiger partial charge in [0.1, 0.15) is 0 Å². The molecule has 3 unspecified atom stereocenters. The fourth-order valence-corrected chi connectivity index (χ4v) is 5.35. The van der Waals surface area contributed by atoms with Gasteiger partial charge in [-0.05, 0) is 50.5 Å². The zero-order chi connectivity index (χ0) is 15.1. The molecule has 2 rings (SSSR count). The Morgan fingerprint density at radius 1 is 1.38 bits per heavy atom. The van der Waals surface area contributed by atoms with Crippen LogP contribution in [0, 0.1) is 11.8 Å². The van der Waals surface area contributed by atoms with Gasteiger partial charge >= 0.3 is 0 Å². The van der Waals surface area contributed by atoms with Crippen molar-refractivity contribution in [2.24, 2.45) is 11.8 Å². The number of hydrogen-bond acceptors (Lipinski definition) is 5. The molecule has 0 spiro atoms. The van der Waals surface area contributed by atoms with E-state index >= 15 is 0 Å². The third-order valence-corrected chi connectivity index (χ3v) is 6.50. The summed E-state index contributed by atoms with van der Waals surface area (Å²) in [6.07, 6.45) is 5.67. The van der Waals surface area contributed by atoms with E-state index < -0.39 is 9.84 Å². The first kappa shape index (κ1) is 17.2. The molecule has 2 saturated heterocycles. The second kappa shape index (κ2) is 8.46. The van der Waals surface area contributed by atoms with Gasteiger partial charge in [0.05, 0.1) is 24.2 Å². The molecule has 0 radical (unpaired) electrons. The standard InChI is InChI=1S/C15H29NO4S/c1-19-9-7-16-11-13(4-5-15-3-2-8-20-15)14-6-10-21(17,18)12-14/h13-16H,2-12H2,1H3. The monoisotopic (exact) mass is 319 g/mol.